The summed E-state index contributed by atoms with van der Waals surface area (Å²) in [6.45, 7) is 3.96. The van der Waals surface area contributed by atoms with Crippen molar-refractivity contribution in [2.45, 2.75) is 19.0 Å². The van der Waals surface area contributed by atoms with Gasteiger partial charge in [0.2, 0.25) is 0 Å². The number of carboxylic acids is 1. The van der Waals surface area contributed by atoms with Gasteiger partial charge >= 0.3 is 5.97 Å². The molecule has 6 heteroatoms. The van der Waals surface area contributed by atoms with Crippen LogP contribution in [0.3, 0.4) is 0 Å². The van der Waals surface area contributed by atoms with Crippen molar-refractivity contribution >= 4 is 5.97 Å². The second kappa shape index (κ2) is 6.32. The van der Waals surface area contributed by atoms with Crippen molar-refractivity contribution in [1.29, 1.82) is 0 Å². The van der Waals surface area contributed by atoms with E-state index in [2.05, 4.69) is 5.32 Å². The summed E-state index contributed by atoms with van der Waals surface area (Å²) in [5, 5.41) is 12.4. The zero-order valence-electron chi connectivity index (χ0n) is 11.9. The highest BCUT2D eigenvalue weighted by Gasteiger charge is 2.28. The first kappa shape index (κ1) is 14.2. The standard InChI is InChI=1S/C15H20N2O4/c18-15(19)12-9-16-4-5-17(12)10-11-2-3-13-14(8-11)21-7-1-6-20-13/h2-3,8,12,16H,1,4-7,9-10H2,(H,18,19). The Balaban J connectivity index is 1.74. The largest absolute Gasteiger partial charge is 0.490 e. The highest BCUT2D eigenvalue weighted by Crippen LogP contribution is 2.31. The Labute approximate surface area is 123 Å². The second-order valence-corrected chi connectivity index (χ2v) is 5.36. The first-order valence-corrected chi connectivity index (χ1v) is 7.30. The lowest BCUT2D eigenvalue weighted by Crippen LogP contribution is -2.54. The Kier molecular flexibility index (Phi) is 4.26. The van der Waals surface area contributed by atoms with Gasteiger partial charge in [-0.1, -0.05) is 6.07 Å². The predicted octanol–water partition coefficient (Wildman–Crippen LogP) is 0.706. The number of ether oxygens (including phenoxy) is 2. The predicted molar refractivity (Wildman–Crippen MR) is 76.8 cm³/mol. The first-order chi connectivity index (χ1) is 10.2. The zero-order chi connectivity index (χ0) is 14.7. The van der Waals surface area contributed by atoms with Gasteiger partial charge in [-0.25, -0.2) is 0 Å². The number of rotatable bonds is 3. The molecule has 0 spiro atoms. The van der Waals surface area contributed by atoms with Crippen LogP contribution >= 0.6 is 0 Å². The minimum absolute atomic E-state index is 0.477. The van der Waals surface area contributed by atoms with Gasteiger partial charge in [0, 0.05) is 32.6 Å². The van der Waals surface area contributed by atoms with E-state index in [1.165, 1.54) is 0 Å². The molecule has 1 saturated heterocycles. The maximum absolute atomic E-state index is 11.3. The fourth-order valence-corrected chi connectivity index (χ4v) is 2.72. The monoisotopic (exact) mass is 292 g/mol. The summed E-state index contributed by atoms with van der Waals surface area (Å²) >= 11 is 0. The normalized spacial score (nSPS) is 22.6. The number of aliphatic carboxylic acids is 1. The lowest BCUT2D eigenvalue weighted by Gasteiger charge is -2.33. The molecule has 0 radical (unpaired) electrons. The molecule has 6 nitrogen and oxygen atoms in total. The molecular formula is C15H20N2O4. The van der Waals surface area contributed by atoms with E-state index in [-0.39, 0.29) is 0 Å². The Morgan fingerprint density at radius 2 is 2.14 bits per heavy atom. The number of benzene rings is 1. The summed E-state index contributed by atoms with van der Waals surface area (Å²) in [5.41, 5.74) is 1.05. The van der Waals surface area contributed by atoms with Crippen molar-refractivity contribution in [3.8, 4) is 11.5 Å². The molecule has 2 aliphatic heterocycles. The molecule has 1 unspecified atom stereocenters. The molecule has 1 fully saturated rings. The molecule has 0 aromatic heterocycles. The van der Waals surface area contributed by atoms with Gasteiger partial charge in [0.25, 0.3) is 0 Å². The number of hydrogen-bond donors (Lipinski definition) is 2. The summed E-state index contributed by atoms with van der Waals surface area (Å²) in [5.74, 6) is 0.745. The SMILES string of the molecule is O=C(O)C1CNCCN1Cc1ccc2c(c1)OCCCO2. The molecule has 0 amide bonds. The summed E-state index contributed by atoms with van der Waals surface area (Å²) < 4.78 is 11.3. The highest BCUT2D eigenvalue weighted by atomic mass is 16.5. The number of piperazine rings is 1. The molecule has 1 atom stereocenters. The van der Waals surface area contributed by atoms with Crippen LogP contribution in [0.4, 0.5) is 0 Å². The molecule has 3 rings (SSSR count). The Hall–Kier alpha value is -1.79. The smallest absolute Gasteiger partial charge is 0.322 e. The topological polar surface area (TPSA) is 71.0 Å². The van der Waals surface area contributed by atoms with Gasteiger partial charge in [-0.3, -0.25) is 9.69 Å². The third kappa shape index (κ3) is 3.28. The van der Waals surface area contributed by atoms with Gasteiger partial charge in [-0.05, 0) is 17.7 Å². The molecule has 21 heavy (non-hydrogen) atoms. The number of carbonyl (C=O) groups is 1. The van der Waals surface area contributed by atoms with Crippen LogP contribution in [0.25, 0.3) is 0 Å². The average Bonchev–Trinajstić information content (AvgIpc) is 2.72. The van der Waals surface area contributed by atoms with E-state index in [0.29, 0.717) is 26.3 Å². The van der Waals surface area contributed by atoms with E-state index in [9.17, 15) is 9.90 Å². The van der Waals surface area contributed by atoms with Gasteiger partial charge < -0.3 is 19.9 Å². The minimum atomic E-state index is -0.781. The van der Waals surface area contributed by atoms with Crippen LogP contribution in [0.15, 0.2) is 18.2 Å². The van der Waals surface area contributed by atoms with Gasteiger partial charge in [0.05, 0.1) is 13.2 Å². The van der Waals surface area contributed by atoms with Crippen LogP contribution in [0.2, 0.25) is 0 Å². The number of fused-ring (bicyclic) bond motifs is 1. The Morgan fingerprint density at radius 3 is 2.95 bits per heavy atom. The average molecular weight is 292 g/mol. The molecule has 2 heterocycles. The second-order valence-electron chi connectivity index (χ2n) is 5.36. The van der Waals surface area contributed by atoms with E-state index in [4.69, 9.17) is 9.47 Å². The van der Waals surface area contributed by atoms with E-state index in [1.54, 1.807) is 0 Å². The van der Waals surface area contributed by atoms with Crippen molar-refractivity contribution < 1.29 is 19.4 Å². The molecule has 0 aliphatic carbocycles. The number of carboxylic acid groups (broad SMARTS) is 1. The van der Waals surface area contributed by atoms with Crippen LogP contribution in [-0.2, 0) is 11.3 Å². The van der Waals surface area contributed by atoms with E-state index < -0.39 is 12.0 Å². The zero-order valence-corrected chi connectivity index (χ0v) is 11.9. The molecule has 1 aromatic carbocycles. The van der Waals surface area contributed by atoms with E-state index >= 15 is 0 Å². The molecule has 0 saturated carbocycles. The minimum Gasteiger partial charge on any atom is -0.490 e. The lowest BCUT2D eigenvalue weighted by atomic mass is 10.1. The van der Waals surface area contributed by atoms with Gasteiger partial charge in [-0.2, -0.15) is 0 Å². The fourth-order valence-electron chi connectivity index (χ4n) is 2.72. The maximum Gasteiger partial charge on any atom is 0.322 e. The summed E-state index contributed by atoms with van der Waals surface area (Å²) in [6, 6.07) is 5.37. The van der Waals surface area contributed by atoms with Gasteiger partial charge in [-0.15, -0.1) is 0 Å². The van der Waals surface area contributed by atoms with Crippen molar-refractivity contribution in [2.24, 2.45) is 0 Å². The van der Waals surface area contributed by atoms with Crippen LogP contribution < -0.4 is 14.8 Å². The quantitative estimate of drug-likeness (QED) is 0.855. The number of nitrogens with one attached hydrogen (secondary N) is 1. The summed E-state index contributed by atoms with van der Waals surface area (Å²) in [6.07, 6.45) is 0.878. The molecule has 114 valence electrons. The summed E-state index contributed by atoms with van der Waals surface area (Å²) in [7, 11) is 0. The molecular weight excluding hydrogens is 272 g/mol. The Bertz CT molecular complexity index is 520. The van der Waals surface area contributed by atoms with E-state index in [0.717, 1.165) is 36.6 Å². The first-order valence-electron chi connectivity index (χ1n) is 7.30. The van der Waals surface area contributed by atoms with Crippen molar-refractivity contribution in [3.63, 3.8) is 0 Å². The summed E-state index contributed by atoms with van der Waals surface area (Å²) in [4.78, 5) is 13.3. The van der Waals surface area contributed by atoms with Crippen LogP contribution in [0, 0.1) is 0 Å². The molecule has 2 N–H and O–H groups in total. The third-order valence-corrected chi connectivity index (χ3v) is 3.84. The van der Waals surface area contributed by atoms with Crippen LogP contribution in [0.5, 0.6) is 11.5 Å². The Morgan fingerprint density at radius 1 is 1.33 bits per heavy atom. The van der Waals surface area contributed by atoms with Crippen LogP contribution in [0.1, 0.15) is 12.0 Å². The molecule has 0 bridgehead atoms. The van der Waals surface area contributed by atoms with Crippen molar-refractivity contribution in [2.75, 3.05) is 32.8 Å². The lowest BCUT2D eigenvalue weighted by molar-refractivity contribution is -0.144. The van der Waals surface area contributed by atoms with Gasteiger partial charge in [0.15, 0.2) is 11.5 Å². The van der Waals surface area contributed by atoms with Crippen molar-refractivity contribution in [1.82, 2.24) is 10.2 Å². The molecule has 1 aromatic rings. The van der Waals surface area contributed by atoms with Gasteiger partial charge in [0.1, 0.15) is 6.04 Å². The third-order valence-electron chi connectivity index (χ3n) is 3.84. The van der Waals surface area contributed by atoms with E-state index in [1.807, 2.05) is 23.1 Å². The van der Waals surface area contributed by atoms with Crippen molar-refractivity contribution in [3.05, 3.63) is 23.8 Å². The highest BCUT2D eigenvalue weighted by molar-refractivity contribution is 5.74. The molecule has 2 aliphatic rings. The number of nitrogens with zero attached hydrogens (tertiary/aromatic N) is 1. The maximum atomic E-state index is 11.3. The fraction of sp³-hybridized carbons (Fsp3) is 0.533. The van der Waals surface area contributed by atoms with Crippen LogP contribution in [-0.4, -0.2) is 54.9 Å². The number of hydrogen-bond acceptors (Lipinski definition) is 5.